The van der Waals surface area contributed by atoms with Gasteiger partial charge in [-0.15, -0.1) is 0 Å². The van der Waals surface area contributed by atoms with E-state index in [1.54, 1.807) is 24.3 Å². The van der Waals surface area contributed by atoms with Crippen molar-refractivity contribution >= 4 is 16.8 Å². The zero-order chi connectivity index (χ0) is 15.4. The molecule has 4 nitrogen and oxygen atoms in total. The van der Waals surface area contributed by atoms with Crippen LogP contribution in [0.25, 0.3) is 10.9 Å². The fourth-order valence-electron chi connectivity index (χ4n) is 2.43. The van der Waals surface area contributed by atoms with Gasteiger partial charge in [0.1, 0.15) is 0 Å². The summed E-state index contributed by atoms with van der Waals surface area (Å²) < 4.78 is 0. The summed E-state index contributed by atoms with van der Waals surface area (Å²) >= 11 is 0. The third-order valence-corrected chi connectivity index (χ3v) is 3.61. The molecule has 0 radical (unpaired) electrons. The lowest BCUT2D eigenvalue weighted by Crippen LogP contribution is -2.28. The first-order valence-corrected chi connectivity index (χ1v) is 7.20. The Bertz CT molecular complexity index is 781. The number of benzene rings is 1. The minimum atomic E-state index is 0.0591. The maximum atomic E-state index is 12.4. The standard InChI is InChI=1S/C18H17N3O/c1-21(13-16-9-2-3-10-19-16)17(22)12-15-7-4-6-14-8-5-11-20-18(14)15/h2-11H,12-13H2,1H3. The van der Waals surface area contributed by atoms with E-state index in [-0.39, 0.29) is 5.91 Å². The number of hydrogen-bond donors (Lipinski definition) is 0. The average molecular weight is 291 g/mol. The smallest absolute Gasteiger partial charge is 0.227 e. The van der Waals surface area contributed by atoms with E-state index >= 15 is 0 Å². The Kier molecular flexibility index (Phi) is 4.10. The summed E-state index contributed by atoms with van der Waals surface area (Å²) in [5, 5.41) is 1.06. The van der Waals surface area contributed by atoms with Crippen molar-refractivity contribution in [1.82, 2.24) is 14.9 Å². The molecule has 0 atom stereocenters. The van der Waals surface area contributed by atoms with Crippen LogP contribution >= 0.6 is 0 Å². The van der Waals surface area contributed by atoms with Gasteiger partial charge in [0, 0.05) is 24.8 Å². The highest BCUT2D eigenvalue weighted by Crippen LogP contribution is 2.17. The van der Waals surface area contributed by atoms with Gasteiger partial charge in [0.05, 0.1) is 24.2 Å². The lowest BCUT2D eigenvalue weighted by atomic mass is 10.1. The summed E-state index contributed by atoms with van der Waals surface area (Å²) in [6.07, 6.45) is 3.84. The fourth-order valence-corrected chi connectivity index (χ4v) is 2.43. The molecule has 0 spiro atoms. The number of nitrogens with zero attached hydrogens (tertiary/aromatic N) is 3. The molecule has 110 valence electrons. The SMILES string of the molecule is CN(Cc1ccccn1)C(=O)Cc1cccc2cccnc12. The molecule has 2 heterocycles. The largest absolute Gasteiger partial charge is 0.340 e. The second-order valence-electron chi connectivity index (χ2n) is 5.24. The van der Waals surface area contributed by atoms with Crippen LogP contribution in [0.3, 0.4) is 0 Å². The van der Waals surface area contributed by atoms with Gasteiger partial charge in [-0.05, 0) is 23.8 Å². The lowest BCUT2D eigenvalue weighted by Gasteiger charge is -2.17. The molecule has 1 amide bonds. The molecule has 0 fully saturated rings. The molecular formula is C18H17N3O. The van der Waals surface area contributed by atoms with Crippen LogP contribution in [0.15, 0.2) is 60.9 Å². The Morgan fingerprint density at radius 2 is 1.82 bits per heavy atom. The third-order valence-electron chi connectivity index (χ3n) is 3.61. The first-order chi connectivity index (χ1) is 10.7. The summed E-state index contributed by atoms with van der Waals surface area (Å²) in [5.41, 5.74) is 2.73. The number of carbonyl (C=O) groups excluding carboxylic acids is 1. The summed E-state index contributed by atoms with van der Waals surface area (Å²) in [4.78, 5) is 22.8. The Hall–Kier alpha value is -2.75. The van der Waals surface area contributed by atoms with Gasteiger partial charge in [0.25, 0.3) is 0 Å². The third kappa shape index (κ3) is 3.11. The van der Waals surface area contributed by atoms with E-state index in [2.05, 4.69) is 9.97 Å². The first-order valence-electron chi connectivity index (χ1n) is 7.20. The minimum absolute atomic E-state index is 0.0591. The van der Waals surface area contributed by atoms with Gasteiger partial charge in [-0.2, -0.15) is 0 Å². The van der Waals surface area contributed by atoms with Crippen molar-refractivity contribution in [2.75, 3.05) is 7.05 Å². The molecule has 0 bridgehead atoms. The quantitative estimate of drug-likeness (QED) is 0.742. The highest BCUT2D eigenvalue weighted by Gasteiger charge is 2.12. The molecule has 0 saturated heterocycles. The normalized spacial score (nSPS) is 10.6. The minimum Gasteiger partial charge on any atom is -0.340 e. The summed E-state index contributed by atoms with van der Waals surface area (Å²) in [6.45, 7) is 0.512. The van der Waals surface area contributed by atoms with Crippen molar-refractivity contribution in [3.05, 3.63) is 72.2 Å². The number of rotatable bonds is 4. The van der Waals surface area contributed by atoms with Gasteiger partial charge in [-0.3, -0.25) is 14.8 Å². The highest BCUT2D eigenvalue weighted by molar-refractivity contribution is 5.87. The molecule has 3 aromatic rings. The molecule has 0 N–H and O–H groups in total. The van der Waals surface area contributed by atoms with Crippen LogP contribution in [0, 0.1) is 0 Å². The zero-order valence-corrected chi connectivity index (χ0v) is 12.4. The van der Waals surface area contributed by atoms with Crippen molar-refractivity contribution in [3.63, 3.8) is 0 Å². The number of carbonyl (C=O) groups is 1. The average Bonchev–Trinajstić information content (AvgIpc) is 2.56. The molecular weight excluding hydrogens is 274 g/mol. The van der Waals surface area contributed by atoms with Crippen LogP contribution in [0.1, 0.15) is 11.3 Å². The van der Waals surface area contributed by atoms with Gasteiger partial charge in [0.2, 0.25) is 5.91 Å². The first kappa shape index (κ1) is 14.2. The Morgan fingerprint density at radius 1 is 1.00 bits per heavy atom. The summed E-state index contributed by atoms with van der Waals surface area (Å²) in [6, 6.07) is 15.6. The van der Waals surface area contributed by atoms with Crippen LogP contribution in [-0.4, -0.2) is 27.8 Å². The van der Waals surface area contributed by atoms with E-state index in [1.165, 1.54) is 0 Å². The van der Waals surface area contributed by atoms with E-state index in [1.807, 2.05) is 48.5 Å². The molecule has 3 rings (SSSR count). The van der Waals surface area contributed by atoms with Gasteiger partial charge < -0.3 is 4.90 Å². The number of fused-ring (bicyclic) bond motifs is 1. The molecule has 0 aliphatic carbocycles. The maximum Gasteiger partial charge on any atom is 0.227 e. The van der Waals surface area contributed by atoms with E-state index in [4.69, 9.17) is 0 Å². The fraction of sp³-hybridized carbons (Fsp3) is 0.167. The number of pyridine rings is 2. The van der Waals surface area contributed by atoms with Gasteiger partial charge in [0.15, 0.2) is 0 Å². The number of aromatic nitrogens is 2. The molecule has 0 saturated carbocycles. The van der Waals surface area contributed by atoms with Gasteiger partial charge in [-0.1, -0.05) is 30.3 Å². The summed E-state index contributed by atoms with van der Waals surface area (Å²) in [7, 11) is 1.80. The number of amides is 1. The van der Waals surface area contributed by atoms with E-state index < -0.39 is 0 Å². The maximum absolute atomic E-state index is 12.4. The van der Waals surface area contributed by atoms with Crippen molar-refractivity contribution < 1.29 is 4.79 Å². The zero-order valence-electron chi connectivity index (χ0n) is 12.4. The van der Waals surface area contributed by atoms with Crippen molar-refractivity contribution in [3.8, 4) is 0 Å². The monoisotopic (exact) mass is 291 g/mol. The Morgan fingerprint density at radius 3 is 2.64 bits per heavy atom. The highest BCUT2D eigenvalue weighted by atomic mass is 16.2. The van der Waals surface area contributed by atoms with Crippen LogP contribution in [0.4, 0.5) is 0 Å². The van der Waals surface area contributed by atoms with E-state index in [0.29, 0.717) is 13.0 Å². The number of hydrogen-bond acceptors (Lipinski definition) is 3. The Labute approximate surface area is 129 Å². The van der Waals surface area contributed by atoms with Crippen LogP contribution < -0.4 is 0 Å². The Balaban J connectivity index is 1.75. The molecule has 4 heteroatoms. The van der Waals surface area contributed by atoms with Crippen LogP contribution in [0.2, 0.25) is 0 Å². The predicted molar refractivity (Wildman–Crippen MR) is 86.2 cm³/mol. The van der Waals surface area contributed by atoms with E-state index in [9.17, 15) is 4.79 Å². The second kappa shape index (κ2) is 6.35. The molecule has 1 aromatic carbocycles. The predicted octanol–water partition coefficient (Wildman–Crippen LogP) is 2.83. The topological polar surface area (TPSA) is 46.1 Å². The van der Waals surface area contributed by atoms with Crippen molar-refractivity contribution in [2.24, 2.45) is 0 Å². The molecule has 0 aliphatic rings. The number of para-hydroxylation sites is 1. The van der Waals surface area contributed by atoms with Crippen molar-refractivity contribution in [2.45, 2.75) is 13.0 Å². The molecule has 2 aromatic heterocycles. The number of likely N-dealkylation sites (N-methyl/N-ethyl adjacent to an activating group) is 1. The van der Waals surface area contributed by atoms with E-state index in [0.717, 1.165) is 22.2 Å². The van der Waals surface area contributed by atoms with Crippen LogP contribution in [0.5, 0.6) is 0 Å². The van der Waals surface area contributed by atoms with Crippen molar-refractivity contribution in [1.29, 1.82) is 0 Å². The van der Waals surface area contributed by atoms with Gasteiger partial charge in [-0.25, -0.2) is 0 Å². The molecule has 0 unspecified atom stereocenters. The molecule has 0 aliphatic heterocycles. The van der Waals surface area contributed by atoms with Crippen LogP contribution in [-0.2, 0) is 17.8 Å². The molecule has 22 heavy (non-hydrogen) atoms. The van der Waals surface area contributed by atoms with Gasteiger partial charge >= 0.3 is 0 Å². The summed E-state index contributed by atoms with van der Waals surface area (Å²) in [5.74, 6) is 0.0591. The lowest BCUT2D eigenvalue weighted by molar-refractivity contribution is -0.129. The second-order valence-corrected chi connectivity index (χ2v) is 5.24.